The molecule has 0 saturated carbocycles. The van der Waals surface area contributed by atoms with E-state index in [4.69, 9.17) is 12.2 Å². The summed E-state index contributed by atoms with van der Waals surface area (Å²) in [5.74, 6) is -0.275. The Hall–Kier alpha value is -2.29. The number of carbonyl (C=O) groups is 2. The fraction of sp³-hybridized carbons (Fsp3) is 0.200. The lowest BCUT2D eigenvalue weighted by Crippen LogP contribution is -2.27. The van der Waals surface area contributed by atoms with Gasteiger partial charge in [-0.05, 0) is 43.2 Å². The van der Waals surface area contributed by atoms with Gasteiger partial charge in [0.05, 0.1) is 16.3 Å². The number of carbonyl (C=O) groups excluding carboxylic acids is 2. The van der Waals surface area contributed by atoms with Gasteiger partial charge in [-0.15, -0.1) is 17.9 Å². The molecule has 1 saturated heterocycles. The SMILES string of the molecule is C=CCN1C(=O)/C(=C\c2csc(N(C(C)=O)c3ccc(C)c(C)c3)n2)SC1=S. The van der Waals surface area contributed by atoms with Gasteiger partial charge in [-0.25, -0.2) is 4.98 Å². The van der Waals surface area contributed by atoms with Crippen molar-refractivity contribution in [2.75, 3.05) is 11.4 Å². The Labute approximate surface area is 177 Å². The van der Waals surface area contributed by atoms with Gasteiger partial charge in [0.15, 0.2) is 5.13 Å². The van der Waals surface area contributed by atoms with Crippen LogP contribution in [0.25, 0.3) is 6.08 Å². The molecule has 5 nitrogen and oxygen atoms in total. The number of benzene rings is 1. The fourth-order valence-electron chi connectivity index (χ4n) is 2.66. The van der Waals surface area contributed by atoms with Crippen LogP contribution >= 0.6 is 35.3 Å². The minimum absolute atomic E-state index is 0.124. The van der Waals surface area contributed by atoms with Crippen molar-refractivity contribution in [3.8, 4) is 0 Å². The lowest BCUT2D eigenvalue weighted by Gasteiger charge is -2.19. The molecule has 1 aliphatic rings. The summed E-state index contributed by atoms with van der Waals surface area (Å²) in [6.45, 7) is 9.58. The van der Waals surface area contributed by atoms with Crippen molar-refractivity contribution in [1.82, 2.24) is 9.88 Å². The number of rotatable bonds is 5. The largest absolute Gasteiger partial charge is 0.289 e. The second kappa shape index (κ2) is 8.38. The number of thioether (sulfide) groups is 1. The average molecular weight is 430 g/mol. The highest BCUT2D eigenvalue weighted by Crippen LogP contribution is 2.34. The van der Waals surface area contributed by atoms with Crippen LogP contribution in [0.4, 0.5) is 10.8 Å². The van der Waals surface area contributed by atoms with E-state index in [0.29, 0.717) is 26.6 Å². The molecule has 144 valence electrons. The van der Waals surface area contributed by atoms with E-state index in [-0.39, 0.29) is 11.8 Å². The third-order valence-corrected chi connectivity index (χ3v) is 6.45. The van der Waals surface area contributed by atoms with Gasteiger partial charge in [0.1, 0.15) is 4.32 Å². The van der Waals surface area contributed by atoms with Crippen molar-refractivity contribution < 1.29 is 9.59 Å². The molecule has 28 heavy (non-hydrogen) atoms. The van der Waals surface area contributed by atoms with Crippen molar-refractivity contribution in [3.05, 3.63) is 58.0 Å². The lowest BCUT2D eigenvalue weighted by molar-refractivity contribution is -0.121. The van der Waals surface area contributed by atoms with E-state index in [9.17, 15) is 9.59 Å². The number of thiazole rings is 1. The van der Waals surface area contributed by atoms with E-state index in [2.05, 4.69) is 11.6 Å². The minimum Gasteiger partial charge on any atom is -0.289 e. The topological polar surface area (TPSA) is 53.5 Å². The van der Waals surface area contributed by atoms with Gasteiger partial charge >= 0.3 is 0 Å². The molecule has 2 amide bonds. The molecule has 2 aromatic rings. The standard InChI is InChI=1S/C20H19N3O2S3/c1-5-8-22-18(25)17(28-20(22)26)10-15-11-27-19(21-15)23(14(4)24)16-7-6-12(2)13(3)9-16/h5-7,9-11H,1,8H2,2-4H3/b17-10+. The Kier molecular flexibility index (Phi) is 6.12. The number of aryl methyl sites for hydroxylation is 2. The highest BCUT2D eigenvalue weighted by molar-refractivity contribution is 8.26. The van der Waals surface area contributed by atoms with Crippen LogP contribution in [0.2, 0.25) is 0 Å². The summed E-state index contributed by atoms with van der Waals surface area (Å²) >= 11 is 7.85. The zero-order valence-electron chi connectivity index (χ0n) is 15.8. The molecule has 0 spiro atoms. The van der Waals surface area contributed by atoms with Crippen LogP contribution in [0.15, 0.2) is 41.1 Å². The normalized spacial score (nSPS) is 15.4. The molecule has 1 fully saturated rings. The molecule has 1 aromatic carbocycles. The van der Waals surface area contributed by atoms with Crippen molar-refractivity contribution in [1.29, 1.82) is 0 Å². The Morgan fingerprint density at radius 2 is 2.11 bits per heavy atom. The summed E-state index contributed by atoms with van der Waals surface area (Å²) in [7, 11) is 0. The molecule has 8 heteroatoms. The first-order chi connectivity index (χ1) is 13.3. The molecule has 1 aromatic heterocycles. The number of aromatic nitrogens is 1. The molecule has 0 atom stereocenters. The molecular formula is C20H19N3O2S3. The Bertz CT molecular complexity index is 1010. The number of thiocarbonyl (C=S) groups is 1. The maximum atomic E-state index is 12.5. The van der Waals surface area contributed by atoms with Gasteiger partial charge in [0, 0.05) is 18.8 Å². The van der Waals surface area contributed by atoms with Gasteiger partial charge in [-0.3, -0.25) is 19.4 Å². The fourth-order valence-corrected chi connectivity index (χ4v) is 4.76. The van der Waals surface area contributed by atoms with Crippen molar-refractivity contribution in [2.45, 2.75) is 20.8 Å². The van der Waals surface area contributed by atoms with Crippen LogP contribution in [-0.4, -0.2) is 32.6 Å². The first-order valence-corrected chi connectivity index (χ1v) is 10.6. The summed E-state index contributed by atoms with van der Waals surface area (Å²) in [5, 5.41) is 2.38. The Balaban J connectivity index is 1.91. The van der Waals surface area contributed by atoms with Crippen LogP contribution in [0, 0.1) is 13.8 Å². The molecule has 0 N–H and O–H groups in total. The zero-order valence-corrected chi connectivity index (χ0v) is 18.2. The van der Waals surface area contributed by atoms with E-state index < -0.39 is 0 Å². The third kappa shape index (κ3) is 4.09. The van der Waals surface area contributed by atoms with Crippen LogP contribution in [0.1, 0.15) is 23.7 Å². The molecular weight excluding hydrogens is 410 g/mol. The van der Waals surface area contributed by atoms with Crippen LogP contribution in [-0.2, 0) is 9.59 Å². The molecule has 2 heterocycles. The average Bonchev–Trinajstić information content (AvgIpc) is 3.18. The van der Waals surface area contributed by atoms with Gasteiger partial charge < -0.3 is 0 Å². The number of amides is 2. The lowest BCUT2D eigenvalue weighted by atomic mass is 10.1. The second-order valence-electron chi connectivity index (χ2n) is 6.26. The minimum atomic E-state index is -0.151. The summed E-state index contributed by atoms with van der Waals surface area (Å²) < 4.78 is 0.507. The smallest absolute Gasteiger partial charge is 0.266 e. The number of hydrogen-bond donors (Lipinski definition) is 0. The first-order valence-electron chi connectivity index (χ1n) is 8.51. The van der Waals surface area contributed by atoms with Crippen LogP contribution in [0.3, 0.4) is 0 Å². The van der Waals surface area contributed by atoms with Crippen molar-refractivity contribution in [3.63, 3.8) is 0 Å². The van der Waals surface area contributed by atoms with Gasteiger partial charge in [0.25, 0.3) is 5.91 Å². The molecule has 0 radical (unpaired) electrons. The first kappa shape index (κ1) is 20.4. The summed E-state index contributed by atoms with van der Waals surface area (Å²) in [6, 6.07) is 5.86. The number of nitrogens with zero attached hydrogens (tertiary/aromatic N) is 3. The van der Waals surface area contributed by atoms with E-state index >= 15 is 0 Å². The second-order valence-corrected chi connectivity index (χ2v) is 8.77. The quantitative estimate of drug-likeness (QED) is 0.387. The predicted molar refractivity (Wildman–Crippen MR) is 121 cm³/mol. The Morgan fingerprint density at radius 3 is 2.75 bits per heavy atom. The van der Waals surface area contributed by atoms with E-state index in [0.717, 1.165) is 16.8 Å². The van der Waals surface area contributed by atoms with Crippen molar-refractivity contribution in [2.24, 2.45) is 0 Å². The molecule has 3 rings (SSSR count). The van der Waals surface area contributed by atoms with E-state index in [1.54, 1.807) is 17.1 Å². The van der Waals surface area contributed by atoms with Crippen molar-refractivity contribution >= 4 is 68.3 Å². The molecule has 1 aliphatic heterocycles. The molecule has 0 unspecified atom stereocenters. The third-order valence-electron chi connectivity index (χ3n) is 4.23. The van der Waals surface area contributed by atoms with Gasteiger partial charge in [-0.1, -0.05) is 36.1 Å². The summed E-state index contributed by atoms with van der Waals surface area (Å²) in [4.78, 5) is 32.9. The highest BCUT2D eigenvalue weighted by Gasteiger charge is 2.31. The number of anilines is 2. The predicted octanol–water partition coefficient (Wildman–Crippen LogP) is 4.83. The zero-order chi connectivity index (χ0) is 20.4. The van der Waals surface area contributed by atoms with Gasteiger partial charge in [-0.2, -0.15) is 0 Å². The maximum Gasteiger partial charge on any atom is 0.266 e. The molecule has 0 bridgehead atoms. The summed E-state index contributed by atoms with van der Waals surface area (Å²) in [5.41, 5.74) is 3.66. The van der Waals surface area contributed by atoms with Gasteiger partial charge in [0.2, 0.25) is 5.91 Å². The monoisotopic (exact) mass is 429 g/mol. The van der Waals surface area contributed by atoms with Crippen LogP contribution in [0.5, 0.6) is 0 Å². The number of hydrogen-bond acceptors (Lipinski definition) is 6. The van der Waals surface area contributed by atoms with Crippen LogP contribution < -0.4 is 4.90 Å². The Morgan fingerprint density at radius 1 is 1.36 bits per heavy atom. The van der Waals surface area contributed by atoms with E-state index in [1.165, 1.54) is 34.9 Å². The molecule has 0 aliphatic carbocycles. The van der Waals surface area contributed by atoms with E-state index in [1.807, 2.05) is 37.4 Å². The summed E-state index contributed by atoms with van der Waals surface area (Å²) in [6.07, 6.45) is 3.35. The highest BCUT2D eigenvalue weighted by atomic mass is 32.2. The maximum absolute atomic E-state index is 12.5.